The van der Waals surface area contributed by atoms with Crippen LogP contribution in [0.5, 0.6) is 0 Å². The van der Waals surface area contributed by atoms with Crippen LogP contribution >= 0.6 is 0 Å². The van der Waals surface area contributed by atoms with E-state index >= 15 is 0 Å². The molecular formula is C15H16FN3O2. The molecule has 0 spiro atoms. The number of nitrogens with one attached hydrogen (secondary N) is 1. The Kier molecular flexibility index (Phi) is 3.70. The van der Waals surface area contributed by atoms with Crippen LogP contribution in [0.3, 0.4) is 0 Å². The molecule has 1 aromatic heterocycles. The summed E-state index contributed by atoms with van der Waals surface area (Å²) < 4.78 is 20.8. The molecule has 2 heterocycles. The summed E-state index contributed by atoms with van der Waals surface area (Å²) >= 11 is 0. The van der Waals surface area contributed by atoms with Crippen molar-refractivity contribution in [3.05, 3.63) is 52.6 Å². The maximum Gasteiger partial charge on any atom is 0.254 e. The first-order valence-electron chi connectivity index (χ1n) is 6.81. The quantitative estimate of drug-likeness (QED) is 0.933. The van der Waals surface area contributed by atoms with Crippen LogP contribution in [0.15, 0.2) is 24.3 Å². The molecule has 2 aromatic rings. The van der Waals surface area contributed by atoms with Gasteiger partial charge < -0.3 is 10.1 Å². The van der Waals surface area contributed by atoms with Gasteiger partial charge in [-0.15, -0.1) is 0 Å². The second-order valence-electron chi connectivity index (χ2n) is 4.96. The molecule has 0 bridgehead atoms. The molecule has 0 unspecified atom stereocenters. The third-order valence-corrected chi connectivity index (χ3v) is 3.62. The monoisotopic (exact) mass is 289 g/mol. The second kappa shape index (κ2) is 5.65. The number of rotatable bonds is 3. The van der Waals surface area contributed by atoms with Crippen molar-refractivity contribution in [2.75, 3.05) is 6.61 Å². The van der Waals surface area contributed by atoms with Crippen LogP contribution < -0.4 is 5.32 Å². The molecule has 3 rings (SSSR count). The zero-order valence-electron chi connectivity index (χ0n) is 11.7. The van der Waals surface area contributed by atoms with Gasteiger partial charge in [0.05, 0.1) is 31.0 Å². The lowest BCUT2D eigenvalue weighted by atomic mass is 10.1. The summed E-state index contributed by atoms with van der Waals surface area (Å²) in [6.07, 6.45) is 0.820. The van der Waals surface area contributed by atoms with E-state index in [1.54, 1.807) is 12.1 Å². The van der Waals surface area contributed by atoms with Gasteiger partial charge in [-0.2, -0.15) is 5.10 Å². The fraction of sp³-hybridized carbons (Fsp3) is 0.333. The van der Waals surface area contributed by atoms with E-state index < -0.39 is 11.7 Å². The molecule has 1 aliphatic heterocycles. The molecule has 0 fully saturated rings. The van der Waals surface area contributed by atoms with Crippen molar-refractivity contribution in [2.45, 2.75) is 19.6 Å². The number of nitrogens with zero attached hydrogens (tertiary/aromatic N) is 2. The number of fused-ring (bicyclic) bond motifs is 1. The zero-order chi connectivity index (χ0) is 14.8. The number of halogens is 1. The van der Waals surface area contributed by atoms with Crippen molar-refractivity contribution in [3.63, 3.8) is 0 Å². The van der Waals surface area contributed by atoms with Crippen LogP contribution in [0.1, 0.15) is 27.3 Å². The number of hydrogen-bond donors (Lipinski definition) is 1. The van der Waals surface area contributed by atoms with Crippen LogP contribution in [0.4, 0.5) is 4.39 Å². The summed E-state index contributed by atoms with van der Waals surface area (Å²) in [7, 11) is 1.88. The summed E-state index contributed by atoms with van der Waals surface area (Å²) in [5, 5.41) is 7.12. The third kappa shape index (κ3) is 2.67. The van der Waals surface area contributed by atoms with Gasteiger partial charge in [-0.3, -0.25) is 9.48 Å². The number of carbonyl (C=O) groups excluding carboxylic acids is 1. The van der Waals surface area contributed by atoms with Gasteiger partial charge in [-0.25, -0.2) is 4.39 Å². The van der Waals surface area contributed by atoms with Crippen molar-refractivity contribution in [1.82, 2.24) is 15.1 Å². The summed E-state index contributed by atoms with van der Waals surface area (Å²) in [5.74, 6) is -0.967. The summed E-state index contributed by atoms with van der Waals surface area (Å²) in [5.41, 5.74) is 2.98. The van der Waals surface area contributed by atoms with Gasteiger partial charge in [0.25, 0.3) is 5.91 Å². The molecule has 0 aliphatic carbocycles. The van der Waals surface area contributed by atoms with Crippen LogP contribution in [-0.2, 0) is 31.4 Å². The molecule has 5 nitrogen and oxygen atoms in total. The topological polar surface area (TPSA) is 56.2 Å². The van der Waals surface area contributed by atoms with Crippen LogP contribution in [-0.4, -0.2) is 22.3 Å². The minimum absolute atomic E-state index is 0.0403. The highest BCUT2D eigenvalue weighted by atomic mass is 19.1. The van der Waals surface area contributed by atoms with E-state index in [2.05, 4.69) is 10.4 Å². The third-order valence-electron chi connectivity index (χ3n) is 3.62. The predicted molar refractivity (Wildman–Crippen MR) is 74.1 cm³/mol. The van der Waals surface area contributed by atoms with Gasteiger partial charge in [0.15, 0.2) is 0 Å². The molecule has 1 aliphatic rings. The number of ether oxygens (including phenoxy) is 1. The average molecular weight is 289 g/mol. The minimum Gasteiger partial charge on any atom is -0.376 e. The molecule has 1 aromatic carbocycles. The van der Waals surface area contributed by atoms with Crippen molar-refractivity contribution in [1.29, 1.82) is 0 Å². The molecule has 0 atom stereocenters. The largest absolute Gasteiger partial charge is 0.376 e. The van der Waals surface area contributed by atoms with Gasteiger partial charge in [0, 0.05) is 24.7 Å². The maximum absolute atomic E-state index is 13.5. The Labute approximate surface area is 121 Å². The minimum atomic E-state index is -0.526. The summed E-state index contributed by atoms with van der Waals surface area (Å²) in [6, 6.07) is 5.92. The van der Waals surface area contributed by atoms with Crippen LogP contribution in [0.25, 0.3) is 0 Å². The van der Waals surface area contributed by atoms with Crippen LogP contribution in [0, 0.1) is 5.82 Å². The molecule has 0 radical (unpaired) electrons. The number of aromatic nitrogens is 2. The lowest BCUT2D eigenvalue weighted by Crippen LogP contribution is -2.25. The number of carbonyl (C=O) groups is 1. The predicted octanol–water partition coefficient (Wildman–Crippen LogP) is 1.56. The van der Waals surface area contributed by atoms with Gasteiger partial charge in [0.2, 0.25) is 0 Å². The Hall–Kier alpha value is -2.21. The Morgan fingerprint density at radius 2 is 2.29 bits per heavy atom. The van der Waals surface area contributed by atoms with Crippen molar-refractivity contribution >= 4 is 5.91 Å². The molecule has 0 saturated heterocycles. The van der Waals surface area contributed by atoms with E-state index in [-0.39, 0.29) is 12.1 Å². The van der Waals surface area contributed by atoms with Gasteiger partial charge >= 0.3 is 0 Å². The Bertz CT molecular complexity index is 682. The lowest BCUT2D eigenvalue weighted by Gasteiger charge is -2.13. The number of aryl methyl sites for hydroxylation is 1. The molecule has 1 amide bonds. The van der Waals surface area contributed by atoms with Gasteiger partial charge in [0.1, 0.15) is 5.82 Å². The normalized spacial score (nSPS) is 13.8. The first-order valence-corrected chi connectivity index (χ1v) is 6.81. The molecule has 0 saturated carbocycles. The molecule has 110 valence electrons. The van der Waals surface area contributed by atoms with E-state index in [4.69, 9.17) is 4.74 Å². The average Bonchev–Trinajstić information content (AvgIpc) is 2.82. The van der Waals surface area contributed by atoms with E-state index in [9.17, 15) is 9.18 Å². The van der Waals surface area contributed by atoms with E-state index in [1.807, 2.05) is 11.7 Å². The molecule has 21 heavy (non-hydrogen) atoms. The number of benzene rings is 1. The Balaban J connectivity index is 1.74. The lowest BCUT2D eigenvalue weighted by molar-refractivity contribution is 0.0943. The first-order chi connectivity index (χ1) is 10.2. The summed E-state index contributed by atoms with van der Waals surface area (Å²) in [4.78, 5) is 12.0. The smallest absolute Gasteiger partial charge is 0.254 e. The summed E-state index contributed by atoms with van der Waals surface area (Å²) in [6.45, 7) is 1.46. The van der Waals surface area contributed by atoms with E-state index in [1.165, 1.54) is 12.1 Å². The van der Waals surface area contributed by atoms with Crippen LogP contribution in [0.2, 0.25) is 0 Å². The van der Waals surface area contributed by atoms with Crippen molar-refractivity contribution in [3.8, 4) is 0 Å². The SMILES string of the molecule is Cn1nc(CNC(=O)c2ccccc2F)c2c1CCOC2. The van der Waals surface area contributed by atoms with Gasteiger partial charge in [-0.05, 0) is 12.1 Å². The molecular weight excluding hydrogens is 273 g/mol. The highest BCUT2D eigenvalue weighted by Gasteiger charge is 2.20. The standard InChI is InChI=1S/C15H16FN3O2/c1-19-14-6-7-21-9-11(14)13(18-19)8-17-15(20)10-4-2-3-5-12(10)16/h2-5H,6-9H2,1H3,(H,17,20). The fourth-order valence-electron chi connectivity index (χ4n) is 2.53. The number of amides is 1. The Morgan fingerprint density at radius 3 is 3.10 bits per heavy atom. The van der Waals surface area contributed by atoms with E-state index in [0.717, 1.165) is 23.4 Å². The maximum atomic E-state index is 13.5. The first kappa shape index (κ1) is 13.8. The second-order valence-corrected chi connectivity index (χ2v) is 4.96. The van der Waals surface area contributed by atoms with Crippen molar-refractivity contribution in [2.24, 2.45) is 7.05 Å². The van der Waals surface area contributed by atoms with Gasteiger partial charge in [-0.1, -0.05) is 12.1 Å². The highest BCUT2D eigenvalue weighted by Crippen LogP contribution is 2.20. The zero-order valence-corrected chi connectivity index (χ0v) is 11.7. The Morgan fingerprint density at radius 1 is 1.48 bits per heavy atom. The number of hydrogen-bond acceptors (Lipinski definition) is 3. The van der Waals surface area contributed by atoms with Crippen molar-refractivity contribution < 1.29 is 13.9 Å². The fourth-order valence-corrected chi connectivity index (χ4v) is 2.53. The highest BCUT2D eigenvalue weighted by molar-refractivity contribution is 5.94. The molecule has 1 N–H and O–H groups in total. The van der Waals surface area contributed by atoms with E-state index in [0.29, 0.717) is 13.2 Å². The molecule has 6 heteroatoms.